The molecule has 0 aliphatic carbocycles. The lowest BCUT2D eigenvalue weighted by molar-refractivity contribution is -0.128. The molecule has 3 rings (SSSR count). The summed E-state index contributed by atoms with van der Waals surface area (Å²) in [5, 5.41) is 7.36. The number of amides is 2. The number of carbonyl (C=O) groups is 2. The van der Waals surface area contributed by atoms with Crippen molar-refractivity contribution in [2.75, 3.05) is 20.1 Å². The van der Waals surface area contributed by atoms with E-state index in [1.807, 2.05) is 68.4 Å². The van der Waals surface area contributed by atoms with Gasteiger partial charge < -0.3 is 10.2 Å². The second-order valence-corrected chi connectivity index (χ2v) is 6.63. The number of rotatable bonds is 6. The molecule has 0 unspecified atom stereocenters. The fourth-order valence-corrected chi connectivity index (χ4v) is 2.74. The number of hydrogen-bond donors (Lipinski definition) is 1. The molecule has 0 bridgehead atoms. The van der Waals surface area contributed by atoms with Gasteiger partial charge in [0, 0.05) is 25.4 Å². The summed E-state index contributed by atoms with van der Waals surface area (Å²) < 4.78 is 1.68. The molecule has 0 spiro atoms. The number of aromatic nitrogens is 2. The quantitative estimate of drug-likeness (QED) is 0.719. The lowest BCUT2D eigenvalue weighted by atomic mass is 10.1. The zero-order chi connectivity index (χ0) is 20.1. The summed E-state index contributed by atoms with van der Waals surface area (Å²) in [6.45, 7) is 4.44. The molecule has 6 nitrogen and oxygen atoms in total. The van der Waals surface area contributed by atoms with Gasteiger partial charge in [-0.3, -0.25) is 9.59 Å². The van der Waals surface area contributed by atoms with Crippen molar-refractivity contribution in [2.45, 2.75) is 13.8 Å². The minimum absolute atomic E-state index is 0.0486. The molecule has 2 amide bonds. The van der Waals surface area contributed by atoms with Crippen molar-refractivity contribution in [3.63, 3.8) is 0 Å². The molecule has 0 aliphatic heterocycles. The molecule has 0 aliphatic rings. The van der Waals surface area contributed by atoms with Gasteiger partial charge in [0.1, 0.15) is 5.69 Å². The SMILES string of the molecule is CCN(C)C(=O)CNC(=O)c1cn(-c2ccccc2)nc1-c1ccc(C)cc1. The van der Waals surface area contributed by atoms with E-state index in [1.165, 1.54) is 0 Å². The first-order chi connectivity index (χ1) is 13.5. The molecule has 0 saturated heterocycles. The fraction of sp³-hybridized carbons (Fsp3) is 0.227. The van der Waals surface area contributed by atoms with E-state index in [0.717, 1.165) is 16.8 Å². The molecule has 1 N–H and O–H groups in total. The van der Waals surface area contributed by atoms with Crippen LogP contribution in [0.4, 0.5) is 0 Å². The smallest absolute Gasteiger partial charge is 0.255 e. The minimum atomic E-state index is -0.324. The highest BCUT2D eigenvalue weighted by atomic mass is 16.2. The van der Waals surface area contributed by atoms with Crippen LogP contribution in [0.15, 0.2) is 60.8 Å². The Bertz CT molecular complexity index is 962. The molecule has 0 saturated carbocycles. The topological polar surface area (TPSA) is 67.2 Å². The van der Waals surface area contributed by atoms with Crippen LogP contribution < -0.4 is 5.32 Å². The van der Waals surface area contributed by atoms with Gasteiger partial charge in [0.15, 0.2) is 0 Å². The van der Waals surface area contributed by atoms with E-state index in [0.29, 0.717) is 17.8 Å². The highest BCUT2D eigenvalue weighted by molar-refractivity contribution is 6.01. The standard InChI is InChI=1S/C22H24N4O2/c1-4-25(3)20(27)14-23-22(28)19-15-26(18-8-6-5-7-9-18)24-21(19)17-12-10-16(2)11-13-17/h5-13,15H,4,14H2,1-3H3,(H,23,28). The third kappa shape index (κ3) is 4.28. The van der Waals surface area contributed by atoms with Crippen molar-refractivity contribution in [1.82, 2.24) is 20.0 Å². The van der Waals surface area contributed by atoms with Crippen LogP contribution in [0.3, 0.4) is 0 Å². The molecular weight excluding hydrogens is 352 g/mol. The highest BCUT2D eigenvalue weighted by Crippen LogP contribution is 2.24. The van der Waals surface area contributed by atoms with Crippen molar-refractivity contribution in [3.8, 4) is 16.9 Å². The lowest BCUT2D eigenvalue weighted by Gasteiger charge is -2.14. The zero-order valence-corrected chi connectivity index (χ0v) is 16.3. The van der Waals surface area contributed by atoms with Gasteiger partial charge in [-0.15, -0.1) is 0 Å². The summed E-state index contributed by atoms with van der Waals surface area (Å²) in [6, 6.07) is 17.5. The Balaban J connectivity index is 1.93. The molecule has 3 aromatic rings. The summed E-state index contributed by atoms with van der Waals surface area (Å²) in [6.07, 6.45) is 1.70. The van der Waals surface area contributed by atoms with E-state index in [9.17, 15) is 9.59 Å². The molecular formula is C22H24N4O2. The van der Waals surface area contributed by atoms with Crippen molar-refractivity contribution < 1.29 is 9.59 Å². The van der Waals surface area contributed by atoms with E-state index in [2.05, 4.69) is 10.4 Å². The third-order valence-electron chi connectivity index (χ3n) is 4.60. The van der Waals surface area contributed by atoms with E-state index >= 15 is 0 Å². The number of nitrogens with zero attached hydrogens (tertiary/aromatic N) is 3. The summed E-state index contributed by atoms with van der Waals surface area (Å²) in [5.74, 6) is -0.459. The normalized spacial score (nSPS) is 10.5. The molecule has 0 atom stereocenters. The van der Waals surface area contributed by atoms with Crippen LogP contribution >= 0.6 is 0 Å². The maximum atomic E-state index is 12.8. The molecule has 144 valence electrons. The maximum Gasteiger partial charge on any atom is 0.255 e. The van der Waals surface area contributed by atoms with E-state index < -0.39 is 0 Å². The minimum Gasteiger partial charge on any atom is -0.345 e. The Morgan fingerprint density at radius 3 is 2.39 bits per heavy atom. The summed E-state index contributed by atoms with van der Waals surface area (Å²) >= 11 is 0. The van der Waals surface area contributed by atoms with Gasteiger partial charge >= 0.3 is 0 Å². The van der Waals surface area contributed by atoms with Crippen LogP contribution in [-0.2, 0) is 4.79 Å². The first kappa shape index (κ1) is 19.4. The Morgan fingerprint density at radius 1 is 1.07 bits per heavy atom. The Hall–Kier alpha value is -3.41. The number of nitrogens with one attached hydrogen (secondary N) is 1. The molecule has 28 heavy (non-hydrogen) atoms. The number of carbonyl (C=O) groups excluding carboxylic acids is 2. The van der Waals surface area contributed by atoms with Crippen molar-refractivity contribution in [2.24, 2.45) is 0 Å². The second-order valence-electron chi connectivity index (χ2n) is 6.63. The van der Waals surface area contributed by atoms with Crippen LogP contribution in [0.5, 0.6) is 0 Å². The van der Waals surface area contributed by atoms with E-state index in [-0.39, 0.29) is 18.4 Å². The van der Waals surface area contributed by atoms with Gasteiger partial charge in [0.25, 0.3) is 5.91 Å². The first-order valence-corrected chi connectivity index (χ1v) is 9.24. The van der Waals surface area contributed by atoms with Gasteiger partial charge in [-0.1, -0.05) is 48.0 Å². The van der Waals surface area contributed by atoms with Crippen LogP contribution in [-0.4, -0.2) is 46.6 Å². The van der Waals surface area contributed by atoms with Crippen LogP contribution in [0.2, 0.25) is 0 Å². The maximum absolute atomic E-state index is 12.8. The third-order valence-corrected chi connectivity index (χ3v) is 4.60. The summed E-state index contributed by atoms with van der Waals surface area (Å²) in [7, 11) is 1.71. The van der Waals surface area contributed by atoms with Crippen LogP contribution in [0.25, 0.3) is 16.9 Å². The number of aryl methyl sites for hydroxylation is 1. The number of para-hydroxylation sites is 1. The van der Waals surface area contributed by atoms with Gasteiger partial charge in [0.2, 0.25) is 5.91 Å². The highest BCUT2D eigenvalue weighted by Gasteiger charge is 2.19. The number of benzene rings is 2. The van der Waals surface area contributed by atoms with Crippen molar-refractivity contribution in [3.05, 3.63) is 71.9 Å². The predicted molar refractivity (Wildman–Crippen MR) is 109 cm³/mol. The van der Waals surface area contributed by atoms with E-state index in [1.54, 1.807) is 22.8 Å². The Morgan fingerprint density at radius 2 is 1.75 bits per heavy atom. The number of hydrogen-bond acceptors (Lipinski definition) is 3. The molecule has 1 heterocycles. The van der Waals surface area contributed by atoms with Gasteiger partial charge in [0.05, 0.1) is 17.8 Å². The lowest BCUT2D eigenvalue weighted by Crippen LogP contribution is -2.38. The fourth-order valence-electron chi connectivity index (χ4n) is 2.74. The Labute approximate surface area is 164 Å². The van der Waals surface area contributed by atoms with Crippen LogP contribution in [0, 0.1) is 6.92 Å². The first-order valence-electron chi connectivity index (χ1n) is 9.24. The predicted octanol–water partition coefficient (Wildman–Crippen LogP) is 3.06. The molecule has 0 radical (unpaired) electrons. The Kier molecular flexibility index (Phi) is 5.89. The van der Waals surface area contributed by atoms with Crippen LogP contribution in [0.1, 0.15) is 22.8 Å². The zero-order valence-electron chi connectivity index (χ0n) is 16.3. The largest absolute Gasteiger partial charge is 0.345 e. The van der Waals surface area contributed by atoms with Gasteiger partial charge in [-0.25, -0.2) is 4.68 Å². The molecule has 2 aromatic carbocycles. The van der Waals surface area contributed by atoms with E-state index in [4.69, 9.17) is 0 Å². The summed E-state index contributed by atoms with van der Waals surface area (Å²) in [4.78, 5) is 26.4. The second kappa shape index (κ2) is 8.52. The average Bonchev–Trinajstić information content (AvgIpc) is 3.18. The van der Waals surface area contributed by atoms with Gasteiger partial charge in [-0.05, 0) is 26.0 Å². The molecule has 0 fully saturated rings. The van der Waals surface area contributed by atoms with Crippen molar-refractivity contribution in [1.29, 1.82) is 0 Å². The monoisotopic (exact) mass is 376 g/mol. The van der Waals surface area contributed by atoms with Crippen molar-refractivity contribution >= 4 is 11.8 Å². The molecule has 6 heteroatoms. The molecule has 1 aromatic heterocycles. The van der Waals surface area contributed by atoms with Gasteiger partial charge in [-0.2, -0.15) is 5.10 Å². The summed E-state index contributed by atoms with van der Waals surface area (Å²) in [5.41, 5.74) is 3.85. The average molecular weight is 376 g/mol. The number of likely N-dealkylation sites (N-methyl/N-ethyl adjacent to an activating group) is 1.